The lowest BCUT2D eigenvalue weighted by molar-refractivity contribution is 0.567. The van der Waals surface area contributed by atoms with Crippen LogP contribution in [0.4, 0.5) is 0 Å². The minimum atomic E-state index is 0.572. The highest BCUT2D eigenvalue weighted by Gasteiger charge is 2.13. The molecule has 0 bridgehead atoms. The summed E-state index contributed by atoms with van der Waals surface area (Å²) in [5.74, 6) is 2.51. The van der Waals surface area contributed by atoms with E-state index >= 15 is 0 Å². The molecule has 0 unspecified atom stereocenters. The topological polar surface area (TPSA) is 98.1 Å². The van der Waals surface area contributed by atoms with Crippen LogP contribution in [0.15, 0.2) is 42.6 Å². The first-order valence-corrected chi connectivity index (χ1v) is 11.0. The summed E-state index contributed by atoms with van der Waals surface area (Å²) in [7, 11) is 0. The first-order valence-electron chi connectivity index (χ1n) is 11.0. The van der Waals surface area contributed by atoms with Crippen molar-refractivity contribution in [3.63, 3.8) is 0 Å². The summed E-state index contributed by atoms with van der Waals surface area (Å²) in [5, 5.41) is 19.2. The number of hydrogen-bond acceptors (Lipinski definition) is 6. The molecule has 1 aromatic carbocycles. The van der Waals surface area contributed by atoms with E-state index in [9.17, 15) is 0 Å². The maximum Gasteiger partial charge on any atom is 0.205 e. The Hall–Kier alpha value is -3.42. The minimum absolute atomic E-state index is 0.572. The molecule has 0 aliphatic rings. The highest BCUT2D eigenvalue weighted by atomic mass is 15.5. The van der Waals surface area contributed by atoms with Crippen molar-refractivity contribution in [2.24, 2.45) is 0 Å². The Morgan fingerprint density at radius 3 is 2.55 bits per heavy atom. The zero-order valence-electron chi connectivity index (χ0n) is 18.1. The van der Waals surface area contributed by atoms with Gasteiger partial charge in [0.2, 0.25) is 5.82 Å². The Morgan fingerprint density at radius 1 is 0.968 bits per heavy atom. The maximum atomic E-state index is 4.81. The molecule has 3 heterocycles. The van der Waals surface area contributed by atoms with Crippen molar-refractivity contribution in [3.05, 3.63) is 59.9 Å². The summed E-state index contributed by atoms with van der Waals surface area (Å²) in [6, 6.07) is 12.1. The molecular formula is C23H28N8. The first-order chi connectivity index (χ1) is 15.3. The lowest BCUT2D eigenvalue weighted by Crippen LogP contribution is -2.06. The van der Waals surface area contributed by atoms with Crippen molar-refractivity contribution in [1.29, 1.82) is 0 Å². The van der Waals surface area contributed by atoms with Gasteiger partial charge in [-0.25, -0.2) is 9.67 Å². The molecule has 0 aliphatic heterocycles. The van der Waals surface area contributed by atoms with Crippen LogP contribution in [0.3, 0.4) is 0 Å². The first kappa shape index (κ1) is 20.8. The van der Waals surface area contributed by atoms with Crippen LogP contribution in [0.1, 0.15) is 56.9 Å². The third kappa shape index (κ3) is 5.02. The maximum absolute atomic E-state index is 4.81. The van der Waals surface area contributed by atoms with E-state index in [0.29, 0.717) is 12.2 Å². The van der Waals surface area contributed by atoms with Gasteiger partial charge in [0.15, 0.2) is 5.82 Å². The molecule has 4 rings (SSSR count). The van der Waals surface area contributed by atoms with E-state index in [4.69, 9.17) is 15.1 Å². The summed E-state index contributed by atoms with van der Waals surface area (Å²) >= 11 is 0. The number of nitrogens with one attached hydrogen (secondary N) is 1. The van der Waals surface area contributed by atoms with Crippen LogP contribution in [-0.4, -0.2) is 40.4 Å². The summed E-state index contributed by atoms with van der Waals surface area (Å²) in [4.78, 5) is 9.52. The summed E-state index contributed by atoms with van der Waals surface area (Å²) in [6.45, 7) is 5.26. The molecule has 0 spiro atoms. The summed E-state index contributed by atoms with van der Waals surface area (Å²) < 4.78 is 2.04. The molecule has 0 saturated carbocycles. The molecule has 0 aliphatic carbocycles. The minimum Gasteiger partial charge on any atom is -0.260 e. The molecule has 160 valence electrons. The number of nitrogens with zero attached hydrogens (tertiary/aromatic N) is 7. The fourth-order valence-electron chi connectivity index (χ4n) is 3.64. The van der Waals surface area contributed by atoms with Crippen LogP contribution < -0.4 is 0 Å². The molecule has 0 saturated heterocycles. The van der Waals surface area contributed by atoms with E-state index in [1.807, 2.05) is 35.1 Å². The van der Waals surface area contributed by atoms with Gasteiger partial charge in [0.05, 0.1) is 0 Å². The van der Waals surface area contributed by atoms with Crippen molar-refractivity contribution >= 4 is 0 Å². The van der Waals surface area contributed by atoms with E-state index in [-0.39, 0.29) is 0 Å². The molecule has 8 heteroatoms. The molecule has 0 radical (unpaired) electrons. The number of pyridine rings is 1. The Bertz CT molecular complexity index is 1080. The molecular weight excluding hydrogens is 388 g/mol. The second kappa shape index (κ2) is 10.1. The standard InChI is InChI=1S/C23H28N8/c1-3-5-6-11-21-25-22(31(28-21)14-4-2)15-18-13-12-17(16-24-18)19-9-7-8-10-20(19)23-26-29-30-27-23/h7-10,12-13,16H,3-6,11,14-15H2,1-2H3,(H,26,27,29,30). The molecule has 31 heavy (non-hydrogen) atoms. The quantitative estimate of drug-likeness (QED) is 0.388. The average Bonchev–Trinajstić information content (AvgIpc) is 3.46. The lowest BCUT2D eigenvalue weighted by Gasteiger charge is -2.08. The van der Waals surface area contributed by atoms with Crippen LogP contribution in [0, 0.1) is 0 Å². The van der Waals surface area contributed by atoms with E-state index in [1.165, 1.54) is 12.8 Å². The van der Waals surface area contributed by atoms with Crippen LogP contribution in [0.5, 0.6) is 0 Å². The van der Waals surface area contributed by atoms with Gasteiger partial charge in [-0.1, -0.05) is 57.0 Å². The van der Waals surface area contributed by atoms with Gasteiger partial charge >= 0.3 is 0 Å². The van der Waals surface area contributed by atoms with Crippen LogP contribution in [0.25, 0.3) is 22.5 Å². The van der Waals surface area contributed by atoms with Crippen molar-refractivity contribution in [2.45, 2.75) is 58.9 Å². The fraction of sp³-hybridized carbons (Fsp3) is 0.391. The highest BCUT2D eigenvalue weighted by Crippen LogP contribution is 2.29. The van der Waals surface area contributed by atoms with Crippen molar-refractivity contribution in [2.75, 3.05) is 0 Å². The largest absolute Gasteiger partial charge is 0.260 e. The van der Waals surface area contributed by atoms with Crippen molar-refractivity contribution in [3.8, 4) is 22.5 Å². The Labute approximate surface area is 182 Å². The number of tetrazole rings is 1. The third-order valence-electron chi connectivity index (χ3n) is 5.22. The van der Waals surface area contributed by atoms with Gasteiger partial charge in [-0.3, -0.25) is 4.98 Å². The number of aromatic nitrogens is 8. The zero-order chi connectivity index (χ0) is 21.5. The number of benzene rings is 1. The van der Waals surface area contributed by atoms with Crippen LogP contribution in [0.2, 0.25) is 0 Å². The van der Waals surface area contributed by atoms with E-state index < -0.39 is 0 Å². The monoisotopic (exact) mass is 416 g/mol. The van der Waals surface area contributed by atoms with Gasteiger partial charge in [-0.2, -0.15) is 10.3 Å². The smallest absolute Gasteiger partial charge is 0.205 e. The summed E-state index contributed by atoms with van der Waals surface area (Å²) in [6.07, 6.45) is 8.10. The SMILES string of the molecule is CCCCCc1nc(Cc2ccc(-c3ccccc3-c3nn[nH]n3)cn2)n(CCC)n1. The normalized spacial score (nSPS) is 11.2. The number of aryl methyl sites for hydroxylation is 2. The number of rotatable bonds is 10. The average molecular weight is 417 g/mol. The Morgan fingerprint density at radius 2 is 1.84 bits per heavy atom. The Balaban J connectivity index is 1.53. The van der Waals surface area contributed by atoms with Gasteiger partial charge in [-0.15, -0.1) is 10.2 Å². The predicted molar refractivity (Wildman–Crippen MR) is 119 cm³/mol. The van der Waals surface area contributed by atoms with Gasteiger partial charge in [0.1, 0.15) is 5.82 Å². The molecule has 8 nitrogen and oxygen atoms in total. The van der Waals surface area contributed by atoms with Crippen molar-refractivity contribution < 1.29 is 0 Å². The number of aromatic amines is 1. The second-order valence-electron chi connectivity index (χ2n) is 7.62. The molecule has 0 amide bonds. The van der Waals surface area contributed by atoms with Gasteiger partial charge in [-0.05, 0) is 29.7 Å². The lowest BCUT2D eigenvalue weighted by atomic mass is 10.0. The second-order valence-corrected chi connectivity index (χ2v) is 7.62. The van der Waals surface area contributed by atoms with E-state index in [2.05, 4.69) is 46.6 Å². The van der Waals surface area contributed by atoms with Crippen LogP contribution >= 0.6 is 0 Å². The van der Waals surface area contributed by atoms with Crippen LogP contribution in [-0.2, 0) is 19.4 Å². The molecule has 3 aromatic heterocycles. The number of H-pyrrole nitrogens is 1. The van der Waals surface area contributed by atoms with E-state index in [1.54, 1.807) is 0 Å². The highest BCUT2D eigenvalue weighted by molar-refractivity contribution is 5.79. The number of hydrogen-bond donors (Lipinski definition) is 1. The molecule has 1 N–H and O–H groups in total. The summed E-state index contributed by atoms with van der Waals surface area (Å²) in [5.41, 5.74) is 3.94. The van der Waals surface area contributed by atoms with Crippen molar-refractivity contribution in [1.82, 2.24) is 40.4 Å². The fourth-order valence-corrected chi connectivity index (χ4v) is 3.64. The van der Waals surface area contributed by atoms with E-state index in [0.717, 1.165) is 59.8 Å². The third-order valence-corrected chi connectivity index (χ3v) is 5.22. The molecule has 0 fully saturated rings. The van der Waals surface area contributed by atoms with Gasteiger partial charge < -0.3 is 0 Å². The molecule has 0 atom stereocenters. The van der Waals surface area contributed by atoms with Gasteiger partial charge in [0.25, 0.3) is 0 Å². The zero-order valence-corrected chi connectivity index (χ0v) is 18.1. The molecule has 4 aromatic rings. The Kier molecular flexibility index (Phi) is 6.76. The number of unbranched alkanes of at least 4 members (excludes halogenated alkanes) is 2. The van der Waals surface area contributed by atoms with Gasteiger partial charge in [0, 0.05) is 42.4 Å². The predicted octanol–water partition coefficient (Wildman–Crippen LogP) is 4.25.